The highest BCUT2D eigenvalue weighted by atomic mass is 127. The number of rotatable bonds is 7. The second kappa shape index (κ2) is 12.0. The Morgan fingerprint density at radius 1 is 1.24 bits per heavy atom. The SMILES string of the molecule is CCNC(=NCCCC1CCCC1)NC1CCN(C(=O)C(C)C)C1.I. The smallest absolute Gasteiger partial charge is 0.225 e. The third-order valence-corrected chi connectivity index (χ3v) is 5.19. The van der Waals surface area contributed by atoms with E-state index in [1.165, 1.54) is 38.5 Å². The first-order valence-corrected chi connectivity index (χ1v) is 9.93. The van der Waals surface area contributed by atoms with E-state index >= 15 is 0 Å². The van der Waals surface area contributed by atoms with Crippen molar-refractivity contribution in [1.82, 2.24) is 15.5 Å². The average molecular weight is 464 g/mol. The molecule has 2 aliphatic rings. The predicted molar refractivity (Wildman–Crippen MR) is 116 cm³/mol. The van der Waals surface area contributed by atoms with E-state index in [0.29, 0.717) is 6.04 Å². The van der Waals surface area contributed by atoms with E-state index in [1.807, 2.05) is 18.7 Å². The van der Waals surface area contributed by atoms with Crippen LogP contribution >= 0.6 is 24.0 Å². The highest BCUT2D eigenvalue weighted by Gasteiger charge is 2.27. The zero-order valence-corrected chi connectivity index (χ0v) is 18.6. The molecule has 2 N–H and O–H groups in total. The van der Waals surface area contributed by atoms with Gasteiger partial charge in [-0.25, -0.2) is 0 Å². The Morgan fingerprint density at radius 2 is 1.96 bits per heavy atom. The van der Waals surface area contributed by atoms with Crippen molar-refractivity contribution in [1.29, 1.82) is 0 Å². The summed E-state index contributed by atoms with van der Waals surface area (Å²) in [6.45, 7) is 9.46. The van der Waals surface area contributed by atoms with Crippen molar-refractivity contribution in [2.75, 3.05) is 26.2 Å². The van der Waals surface area contributed by atoms with E-state index < -0.39 is 0 Å². The van der Waals surface area contributed by atoms with Crippen molar-refractivity contribution in [3.63, 3.8) is 0 Å². The summed E-state index contributed by atoms with van der Waals surface area (Å²) in [5, 5.41) is 6.85. The van der Waals surface area contributed by atoms with Crippen LogP contribution in [0.5, 0.6) is 0 Å². The Labute approximate surface area is 170 Å². The number of aliphatic imine (C=N–C) groups is 1. The molecule has 0 aromatic carbocycles. The third kappa shape index (κ3) is 7.71. The third-order valence-electron chi connectivity index (χ3n) is 5.19. The van der Waals surface area contributed by atoms with Gasteiger partial charge >= 0.3 is 0 Å². The molecular formula is C19H37IN4O. The molecular weight excluding hydrogens is 427 g/mol. The number of amides is 1. The van der Waals surface area contributed by atoms with Crippen molar-refractivity contribution < 1.29 is 4.79 Å². The maximum absolute atomic E-state index is 12.1. The van der Waals surface area contributed by atoms with E-state index in [0.717, 1.165) is 44.5 Å². The van der Waals surface area contributed by atoms with Gasteiger partial charge in [-0.1, -0.05) is 39.5 Å². The van der Waals surface area contributed by atoms with Crippen LogP contribution in [0, 0.1) is 11.8 Å². The van der Waals surface area contributed by atoms with Crippen molar-refractivity contribution >= 4 is 35.8 Å². The fourth-order valence-corrected chi connectivity index (χ4v) is 3.83. The van der Waals surface area contributed by atoms with Gasteiger partial charge in [0.05, 0.1) is 0 Å². The number of hydrogen-bond acceptors (Lipinski definition) is 2. The first-order chi connectivity index (χ1) is 11.6. The van der Waals surface area contributed by atoms with E-state index in [9.17, 15) is 4.79 Å². The van der Waals surface area contributed by atoms with Gasteiger partial charge in [0.25, 0.3) is 0 Å². The van der Waals surface area contributed by atoms with E-state index in [2.05, 4.69) is 17.6 Å². The number of nitrogens with one attached hydrogen (secondary N) is 2. The maximum atomic E-state index is 12.1. The molecule has 1 unspecified atom stereocenters. The van der Waals surface area contributed by atoms with Crippen molar-refractivity contribution in [3.05, 3.63) is 0 Å². The number of carbonyl (C=O) groups is 1. The molecule has 6 heteroatoms. The normalized spacial score (nSPS) is 21.5. The summed E-state index contributed by atoms with van der Waals surface area (Å²) in [4.78, 5) is 18.8. The predicted octanol–water partition coefficient (Wildman–Crippen LogP) is 3.39. The molecule has 1 saturated carbocycles. The van der Waals surface area contributed by atoms with Gasteiger partial charge in [-0.05, 0) is 32.1 Å². The highest BCUT2D eigenvalue weighted by molar-refractivity contribution is 14.0. The molecule has 1 atom stereocenters. The lowest BCUT2D eigenvalue weighted by Gasteiger charge is -2.20. The Morgan fingerprint density at radius 3 is 2.60 bits per heavy atom. The monoisotopic (exact) mass is 464 g/mol. The number of hydrogen-bond donors (Lipinski definition) is 2. The number of likely N-dealkylation sites (tertiary alicyclic amines) is 1. The van der Waals surface area contributed by atoms with Crippen molar-refractivity contribution in [2.45, 2.75) is 71.8 Å². The molecule has 0 aromatic rings. The van der Waals surface area contributed by atoms with E-state index in [1.54, 1.807) is 0 Å². The van der Waals surface area contributed by atoms with Gasteiger partial charge in [-0.3, -0.25) is 9.79 Å². The lowest BCUT2D eigenvalue weighted by molar-refractivity contribution is -0.133. The molecule has 2 rings (SSSR count). The Kier molecular flexibility index (Phi) is 10.8. The lowest BCUT2D eigenvalue weighted by Crippen LogP contribution is -2.45. The maximum Gasteiger partial charge on any atom is 0.225 e. The fourth-order valence-electron chi connectivity index (χ4n) is 3.83. The number of halogens is 1. The second-order valence-electron chi connectivity index (χ2n) is 7.62. The van der Waals surface area contributed by atoms with Crippen LogP contribution in [0.1, 0.15) is 65.7 Å². The molecule has 25 heavy (non-hydrogen) atoms. The van der Waals surface area contributed by atoms with Crippen LogP contribution in [0.2, 0.25) is 0 Å². The first kappa shape index (κ1) is 22.5. The van der Waals surface area contributed by atoms with E-state index in [-0.39, 0.29) is 35.8 Å². The van der Waals surface area contributed by atoms with Crippen LogP contribution in [0.15, 0.2) is 4.99 Å². The zero-order chi connectivity index (χ0) is 17.4. The van der Waals surface area contributed by atoms with Crippen LogP contribution < -0.4 is 10.6 Å². The molecule has 1 amide bonds. The van der Waals surface area contributed by atoms with Crippen molar-refractivity contribution in [2.24, 2.45) is 16.8 Å². The minimum Gasteiger partial charge on any atom is -0.357 e. The summed E-state index contributed by atoms with van der Waals surface area (Å²) in [7, 11) is 0. The van der Waals surface area contributed by atoms with Crippen LogP contribution in [-0.2, 0) is 4.79 Å². The van der Waals surface area contributed by atoms with Gasteiger partial charge in [0.1, 0.15) is 0 Å². The van der Waals surface area contributed by atoms with Gasteiger partial charge < -0.3 is 15.5 Å². The average Bonchev–Trinajstić information content (AvgIpc) is 3.22. The summed E-state index contributed by atoms with van der Waals surface area (Å²) in [5.41, 5.74) is 0. The molecule has 1 heterocycles. The molecule has 1 saturated heterocycles. The van der Waals surface area contributed by atoms with Crippen LogP contribution in [0.3, 0.4) is 0 Å². The number of guanidine groups is 1. The summed E-state index contributed by atoms with van der Waals surface area (Å²) in [5.74, 6) is 2.20. The first-order valence-electron chi connectivity index (χ1n) is 9.93. The van der Waals surface area contributed by atoms with E-state index in [4.69, 9.17) is 4.99 Å². The van der Waals surface area contributed by atoms with Crippen molar-refractivity contribution in [3.8, 4) is 0 Å². The Balaban J connectivity index is 0.00000312. The molecule has 1 aliphatic carbocycles. The van der Waals surface area contributed by atoms with Crippen LogP contribution in [-0.4, -0.2) is 49.0 Å². The standard InChI is InChI=1S/C19H36N4O.HI/c1-4-20-19(21-12-7-10-16-8-5-6-9-16)22-17-11-13-23(14-17)18(24)15(2)3;/h15-17H,4-14H2,1-3H3,(H2,20,21,22);1H. The zero-order valence-electron chi connectivity index (χ0n) is 16.2. The highest BCUT2D eigenvalue weighted by Crippen LogP contribution is 2.28. The fraction of sp³-hybridized carbons (Fsp3) is 0.895. The van der Waals surface area contributed by atoms with Gasteiger partial charge in [0.2, 0.25) is 5.91 Å². The minimum absolute atomic E-state index is 0. The molecule has 0 radical (unpaired) electrons. The molecule has 1 aliphatic heterocycles. The van der Waals surface area contributed by atoms with Gasteiger partial charge in [-0.2, -0.15) is 0 Å². The minimum atomic E-state index is 0. The molecule has 146 valence electrons. The van der Waals surface area contributed by atoms with Gasteiger partial charge in [0.15, 0.2) is 5.96 Å². The Bertz CT molecular complexity index is 422. The lowest BCUT2D eigenvalue weighted by atomic mass is 10.0. The van der Waals surface area contributed by atoms with Crippen LogP contribution in [0.25, 0.3) is 0 Å². The number of nitrogens with zero attached hydrogens (tertiary/aromatic N) is 2. The molecule has 0 aromatic heterocycles. The molecule has 5 nitrogen and oxygen atoms in total. The number of carbonyl (C=O) groups excluding carboxylic acids is 1. The summed E-state index contributed by atoms with van der Waals surface area (Å²) in [6, 6.07) is 0.320. The topological polar surface area (TPSA) is 56.7 Å². The van der Waals surface area contributed by atoms with Crippen LogP contribution in [0.4, 0.5) is 0 Å². The largest absolute Gasteiger partial charge is 0.357 e. The quantitative estimate of drug-likeness (QED) is 0.263. The molecule has 0 bridgehead atoms. The summed E-state index contributed by atoms with van der Waals surface area (Å²) < 4.78 is 0. The molecule has 0 spiro atoms. The Hall–Kier alpha value is -0.530. The second-order valence-corrected chi connectivity index (χ2v) is 7.62. The van der Waals surface area contributed by atoms with Gasteiger partial charge in [-0.15, -0.1) is 24.0 Å². The van der Waals surface area contributed by atoms with Gasteiger partial charge in [0, 0.05) is 38.1 Å². The summed E-state index contributed by atoms with van der Waals surface area (Å²) >= 11 is 0. The molecule has 2 fully saturated rings. The summed E-state index contributed by atoms with van der Waals surface area (Å²) in [6.07, 6.45) is 9.20.